The van der Waals surface area contributed by atoms with Crippen LogP contribution in [-0.2, 0) is 5.41 Å². The first-order valence-electron chi connectivity index (χ1n) is 18.4. The summed E-state index contributed by atoms with van der Waals surface area (Å²) in [6, 6.07) is 62.5. The highest BCUT2D eigenvalue weighted by atomic mass is 32.1. The maximum absolute atomic E-state index is 7.06. The monoisotopic (exact) mass is 725 g/mol. The van der Waals surface area contributed by atoms with E-state index in [1.54, 1.807) is 0 Å². The standard InChI is InChI=1S/C50H31NOS2/c1-50(40-17-7-2-12-32(40)33-13-3-8-18-41(33)50)48-42(26-25-38-34-14-4-9-19-43(34)52-49(38)48)51(30-23-27-46-39(28-30)36-16-6-11-21-45(36)53-46)31-22-24-37-35-15-5-10-20-44(35)54-47(37)29-31/h2-29H,1H3. The van der Waals surface area contributed by atoms with Gasteiger partial charge in [0.15, 0.2) is 0 Å². The van der Waals surface area contributed by atoms with Crippen molar-refractivity contribution in [3.8, 4) is 11.1 Å². The Morgan fingerprint density at radius 1 is 0.444 bits per heavy atom. The van der Waals surface area contributed by atoms with Crippen LogP contribution < -0.4 is 4.90 Å². The number of fused-ring (bicyclic) bond motifs is 12. The van der Waals surface area contributed by atoms with Crippen molar-refractivity contribution in [3.63, 3.8) is 0 Å². The van der Waals surface area contributed by atoms with Crippen molar-refractivity contribution in [2.24, 2.45) is 0 Å². The van der Waals surface area contributed by atoms with Gasteiger partial charge in [0.1, 0.15) is 11.2 Å². The number of benzene rings is 8. The minimum atomic E-state index is -0.519. The summed E-state index contributed by atoms with van der Waals surface area (Å²) in [6.07, 6.45) is 0. The minimum absolute atomic E-state index is 0.519. The number of nitrogens with zero attached hydrogens (tertiary/aromatic N) is 1. The molecule has 0 amide bonds. The summed E-state index contributed by atoms with van der Waals surface area (Å²) in [4.78, 5) is 2.49. The maximum atomic E-state index is 7.06. The van der Waals surface area contributed by atoms with Crippen LogP contribution in [-0.4, -0.2) is 0 Å². The second-order valence-electron chi connectivity index (χ2n) is 14.5. The molecular weight excluding hydrogens is 695 g/mol. The van der Waals surface area contributed by atoms with Crippen LogP contribution >= 0.6 is 22.7 Å². The van der Waals surface area contributed by atoms with Gasteiger partial charge in [0.05, 0.1) is 5.69 Å². The molecule has 12 rings (SSSR count). The first kappa shape index (κ1) is 30.3. The zero-order valence-electron chi connectivity index (χ0n) is 29.3. The third kappa shape index (κ3) is 4.10. The average Bonchev–Trinajstić information content (AvgIpc) is 3.96. The van der Waals surface area contributed by atoms with Crippen LogP contribution in [0.25, 0.3) is 73.4 Å². The molecule has 0 saturated heterocycles. The van der Waals surface area contributed by atoms with E-state index in [2.05, 4.69) is 182 Å². The lowest BCUT2D eigenvalue weighted by Gasteiger charge is -2.35. The minimum Gasteiger partial charge on any atom is -0.456 e. The van der Waals surface area contributed by atoms with Crippen LogP contribution in [0.1, 0.15) is 23.6 Å². The Balaban J connectivity index is 1.22. The molecule has 1 aliphatic rings. The fourth-order valence-electron chi connectivity index (χ4n) is 9.30. The molecule has 0 unspecified atom stereocenters. The largest absolute Gasteiger partial charge is 0.456 e. The zero-order chi connectivity index (χ0) is 35.5. The van der Waals surface area contributed by atoms with Gasteiger partial charge in [0.2, 0.25) is 0 Å². The number of thiophene rings is 2. The highest BCUT2D eigenvalue weighted by Gasteiger charge is 2.45. The first-order valence-corrected chi connectivity index (χ1v) is 20.1. The van der Waals surface area contributed by atoms with Crippen molar-refractivity contribution >= 4 is 102 Å². The molecular formula is C50H31NOS2. The van der Waals surface area contributed by atoms with Crippen LogP contribution in [0.2, 0.25) is 0 Å². The summed E-state index contributed by atoms with van der Waals surface area (Å²) in [5.41, 5.74) is 11.0. The lowest BCUT2D eigenvalue weighted by Crippen LogP contribution is -2.26. The SMILES string of the molecule is CC1(c2c(N(c3ccc4c(c3)sc3ccccc34)c3ccc4sc5ccccc5c4c3)ccc3c2oc2ccccc23)c2ccccc2-c2ccccc21. The molecule has 0 atom stereocenters. The van der Waals surface area contributed by atoms with E-state index in [-0.39, 0.29) is 0 Å². The second-order valence-corrected chi connectivity index (χ2v) is 16.7. The molecule has 2 nitrogen and oxygen atoms in total. The summed E-state index contributed by atoms with van der Waals surface area (Å²) in [6.45, 7) is 2.41. The molecule has 1 aliphatic carbocycles. The number of rotatable bonds is 4. The van der Waals surface area contributed by atoms with Crippen molar-refractivity contribution in [3.05, 3.63) is 187 Å². The molecule has 0 fully saturated rings. The topological polar surface area (TPSA) is 16.4 Å². The van der Waals surface area contributed by atoms with E-state index in [0.717, 1.165) is 39.0 Å². The Kier molecular flexibility index (Phi) is 6.26. The number of anilines is 3. The van der Waals surface area contributed by atoms with E-state index in [4.69, 9.17) is 4.42 Å². The average molecular weight is 726 g/mol. The first-order chi connectivity index (χ1) is 26.6. The lowest BCUT2D eigenvalue weighted by molar-refractivity contribution is 0.638. The smallest absolute Gasteiger partial charge is 0.141 e. The molecule has 3 aromatic heterocycles. The van der Waals surface area contributed by atoms with Crippen LogP contribution in [0.15, 0.2) is 174 Å². The Morgan fingerprint density at radius 3 is 1.74 bits per heavy atom. The molecule has 0 saturated carbocycles. The summed E-state index contributed by atoms with van der Waals surface area (Å²) in [5, 5.41) is 7.42. The number of furan rings is 1. The Labute approximate surface area is 319 Å². The Hall–Kier alpha value is -6.20. The Morgan fingerprint density at radius 2 is 0.981 bits per heavy atom. The predicted octanol–water partition coefficient (Wildman–Crippen LogP) is 15.1. The highest BCUT2D eigenvalue weighted by molar-refractivity contribution is 7.26. The third-order valence-electron chi connectivity index (χ3n) is 11.7. The normalized spacial score (nSPS) is 13.4. The quantitative estimate of drug-likeness (QED) is 0.180. The van der Waals surface area contributed by atoms with E-state index in [1.165, 1.54) is 68.2 Å². The van der Waals surface area contributed by atoms with Gasteiger partial charge in [-0.25, -0.2) is 0 Å². The Bertz CT molecular complexity index is 3280. The number of hydrogen-bond donors (Lipinski definition) is 0. The summed E-state index contributed by atoms with van der Waals surface area (Å²) >= 11 is 3.72. The predicted molar refractivity (Wildman–Crippen MR) is 232 cm³/mol. The molecule has 0 aliphatic heterocycles. The fourth-order valence-corrected chi connectivity index (χ4v) is 11.5. The zero-order valence-corrected chi connectivity index (χ0v) is 31.0. The third-order valence-corrected chi connectivity index (χ3v) is 14.0. The van der Waals surface area contributed by atoms with Crippen molar-refractivity contribution in [2.45, 2.75) is 12.3 Å². The van der Waals surface area contributed by atoms with Crippen LogP contribution in [0.3, 0.4) is 0 Å². The number of hydrogen-bond acceptors (Lipinski definition) is 4. The van der Waals surface area contributed by atoms with Crippen LogP contribution in [0.4, 0.5) is 17.1 Å². The maximum Gasteiger partial charge on any atom is 0.141 e. The van der Waals surface area contributed by atoms with Crippen molar-refractivity contribution in [2.75, 3.05) is 4.90 Å². The van der Waals surface area contributed by atoms with Gasteiger partial charge in [-0.3, -0.25) is 0 Å². The van der Waals surface area contributed by atoms with E-state index in [1.807, 2.05) is 22.7 Å². The molecule has 8 aromatic carbocycles. The molecule has 254 valence electrons. The van der Waals surface area contributed by atoms with E-state index in [0.29, 0.717) is 0 Å². The molecule has 11 aromatic rings. The van der Waals surface area contributed by atoms with Gasteiger partial charge in [-0.05, 0) is 89.8 Å². The lowest BCUT2D eigenvalue weighted by atomic mass is 9.72. The van der Waals surface area contributed by atoms with Gasteiger partial charge >= 0.3 is 0 Å². The van der Waals surface area contributed by atoms with Crippen LogP contribution in [0, 0.1) is 0 Å². The van der Waals surface area contributed by atoms with Crippen molar-refractivity contribution < 1.29 is 4.42 Å². The van der Waals surface area contributed by atoms with E-state index < -0.39 is 5.41 Å². The van der Waals surface area contributed by atoms with Gasteiger partial charge in [-0.1, -0.05) is 109 Å². The molecule has 3 heterocycles. The highest BCUT2D eigenvalue weighted by Crippen LogP contribution is 2.58. The van der Waals surface area contributed by atoms with Crippen molar-refractivity contribution in [1.82, 2.24) is 0 Å². The second kappa shape index (κ2) is 11.2. The van der Waals surface area contributed by atoms with Crippen LogP contribution in [0.5, 0.6) is 0 Å². The molecule has 0 radical (unpaired) electrons. The summed E-state index contributed by atoms with van der Waals surface area (Å²) in [7, 11) is 0. The summed E-state index contributed by atoms with van der Waals surface area (Å²) < 4.78 is 12.2. The fraction of sp³-hybridized carbons (Fsp3) is 0.0400. The van der Waals surface area contributed by atoms with Gasteiger partial charge < -0.3 is 9.32 Å². The summed E-state index contributed by atoms with van der Waals surface area (Å²) in [5.74, 6) is 0. The van der Waals surface area contributed by atoms with E-state index in [9.17, 15) is 0 Å². The van der Waals surface area contributed by atoms with Gasteiger partial charge in [-0.2, -0.15) is 0 Å². The molecule has 4 heteroatoms. The van der Waals surface area contributed by atoms with Crippen molar-refractivity contribution in [1.29, 1.82) is 0 Å². The molecule has 54 heavy (non-hydrogen) atoms. The molecule has 0 bridgehead atoms. The number of para-hydroxylation sites is 1. The molecule has 0 N–H and O–H groups in total. The van der Waals surface area contributed by atoms with Gasteiger partial charge in [0.25, 0.3) is 0 Å². The van der Waals surface area contributed by atoms with Gasteiger partial charge in [-0.15, -0.1) is 22.7 Å². The van der Waals surface area contributed by atoms with E-state index >= 15 is 0 Å². The molecule has 0 spiro atoms. The van der Waals surface area contributed by atoms with Gasteiger partial charge in [0, 0.05) is 73.5 Å².